The summed E-state index contributed by atoms with van der Waals surface area (Å²) in [5.41, 5.74) is 1.66. The van der Waals surface area contributed by atoms with Crippen LogP contribution in [0.1, 0.15) is 44.7 Å². The van der Waals surface area contributed by atoms with Crippen molar-refractivity contribution in [3.63, 3.8) is 0 Å². The van der Waals surface area contributed by atoms with E-state index in [2.05, 4.69) is 5.32 Å². The smallest absolute Gasteiger partial charge is 0.264 e. The minimum absolute atomic E-state index is 0.00782. The molecule has 0 aromatic heterocycles. The predicted molar refractivity (Wildman–Crippen MR) is 158 cm³/mol. The van der Waals surface area contributed by atoms with Crippen LogP contribution in [0.2, 0.25) is 0 Å². The van der Waals surface area contributed by atoms with Gasteiger partial charge < -0.3 is 15.0 Å². The number of benzene rings is 3. The van der Waals surface area contributed by atoms with Crippen molar-refractivity contribution in [2.75, 3.05) is 18.0 Å². The number of nitrogens with one attached hydrogen (secondary N) is 1. The Hall–Kier alpha value is -3.92. The zero-order valence-electron chi connectivity index (χ0n) is 24.1. The molecule has 0 radical (unpaired) electrons. The number of hydrogen-bond donors (Lipinski definition) is 1. The molecule has 0 unspecified atom stereocenters. The van der Waals surface area contributed by atoms with Crippen molar-refractivity contribution in [1.82, 2.24) is 10.2 Å². The number of ether oxygens (including phenoxy) is 1. The van der Waals surface area contributed by atoms with Crippen LogP contribution < -0.4 is 14.4 Å². The second-order valence-corrected chi connectivity index (χ2v) is 11.7. The topological polar surface area (TPSA) is 96.0 Å². The highest BCUT2D eigenvalue weighted by molar-refractivity contribution is 7.92. The van der Waals surface area contributed by atoms with Crippen molar-refractivity contribution >= 4 is 27.5 Å². The van der Waals surface area contributed by atoms with E-state index in [9.17, 15) is 22.4 Å². The van der Waals surface area contributed by atoms with Crippen molar-refractivity contribution in [3.05, 3.63) is 89.7 Å². The summed E-state index contributed by atoms with van der Waals surface area (Å²) in [5, 5.41) is 2.93. The lowest BCUT2D eigenvalue weighted by Gasteiger charge is -2.34. The van der Waals surface area contributed by atoms with Crippen LogP contribution in [0.4, 0.5) is 10.1 Å². The van der Waals surface area contributed by atoms with E-state index in [1.807, 2.05) is 20.8 Å². The van der Waals surface area contributed by atoms with Crippen LogP contribution in [0, 0.1) is 12.7 Å². The third-order valence-corrected chi connectivity index (χ3v) is 8.67. The number of carbonyl (C=O) groups is 2. The molecule has 0 saturated carbocycles. The van der Waals surface area contributed by atoms with Gasteiger partial charge in [0.25, 0.3) is 10.0 Å². The van der Waals surface area contributed by atoms with Gasteiger partial charge in [-0.05, 0) is 68.7 Å². The minimum Gasteiger partial charge on any atom is -0.495 e. The average molecular weight is 584 g/mol. The molecule has 3 rings (SSSR count). The Bertz CT molecular complexity index is 1430. The third-order valence-electron chi connectivity index (χ3n) is 6.89. The molecule has 3 aromatic carbocycles. The molecule has 41 heavy (non-hydrogen) atoms. The number of anilines is 1. The molecule has 8 nitrogen and oxygen atoms in total. The van der Waals surface area contributed by atoms with Crippen LogP contribution in [0.15, 0.2) is 77.7 Å². The van der Waals surface area contributed by atoms with Crippen molar-refractivity contribution in [2.45, 2.75) is 64.1 Å². The molecule has 0 heterocycles. The second kappa shape index (κ2) is 14.1. The summed E-state index contributed by atoms with van der Waals surface area (Å²) >= 11 is 0. The Kier molecular flexibility index (Phi) is 10.9. The Morgan fingerprint density at radius 3 is 2.17 bits per heavy atom. The highest BCUT2D eigenvalue weighted by atomic mass is 32.2. The molecule has 0 fully saturated rings. The standard InChI is InChI=1S/C31H38FN3O5S/c1-6-23(4)33-31(37)27(7-2)34(20-24-14-16-25(32)17-15-24)30(36)21-35(28-10-8-9-11-29(28)40-5)41(38,39)26-18-12-22(3)13-19-26/h8-19,23,27H,6-7,20-21H2,1-5H3,(H,33,37)/t23-,27+/m0/s1. The van der Waals surface area contributed by atoms with Gasteiger partial charge in [0.2, 0.25) is 11.8 Å². The molecule has 0 aliphatic heterocycles. The molecule has 1 N–H and O–H groups in total. The fourth-order valence-electron chi connectivity index (χ4n) is 4.33. The maximum Gasteiger partial charge on any atom is 0.264 e. The maximum absolute atomic E-state index is 14.1. The van der Waals surface area contributed by atoms with Gasteiger partial charge in [0.05, 0.1) is 17.7 Å². The summed E-state index contributed by atoms with van der Waals surface area (Å²) in [4.78, 5) is 28.8. The Morgan fingerprint density at radius 2 is 1.59 bits per heavy atom. The number of para-hydroxylation sites is 2. The summed E-state index contributed by atoms with van der Waals surface area (Å²) in [6, 6.07) is 17.5. The van der Waals surface area contributed by atoms with E-state index >= 15 is 0 Å². The lowest BCUT2D eigenvalue weighted by Crippen LogP contribution is -2.53. The number of amides is 2. The molecule has 3 aromatic rings. The van der Waals surface area contributed by atoms with Crippen LogP contribution in [-0.2, 0) is 26.2 Å². The fourth-order valence-corrected chi connectivity index (χ4v) is 5.76. The zero-order chi connectivity index (χ0) is 30.2. The molecule has 0 aliphatic rings. The summed E-state index contributed by atoms with van der Waals surface area (Å²) in [5.74, 6) is -1.10. The number of hydrogen-bond acceptors (Lipinski definition) is 5. The van der Waals surface area contributed by atoms with Crippen molar-refractivity contribution in [1.29, 1.82) is 0 Å². The molecule has 0 bridgehead atoms. The number of nitrogens with zero attached hydrogens (tertiary/aromatic N) is 2. The highest BCUT2D eigenvalue weighted by Crippen LogP contribution is 2.32. The van der Waals surface area contributed by atoms with Crippen LogP contribution in [0.3, 0.4) is 0 Å². The van der Waals surface area contributed by atoms with Gasteiger partial charge in [-0.3, -0.25) is 13.9 Å². The molecule has 0 saturated heterocycles. The molecule has 10 heteroatoms. The molecule has 2 amide bonds. The van der Waals surface area contributed by atoms with Gasteiger partial charge in [-0.25, -0.2) is 12.8 Å². The van der Waals surface area contributed by atoms with E-state index in [1.54, 1.807) is 43.3 Å². The van der Waals surface area contributed by atoms with Gasteiger partial charge in [0, 0.05) is 12.6 Å². The van der Waals surface area contributed by atoms with E-state index in [0.29, 0.717) is 12.0 Å². The lowest BCUT2D eigenvalue weighted by molar-refractivity contribution is -0.140. The van der Waals surface area contributed by atoms with Crippen molar-refractivity contribution in [2.24, 2.45) is 0 Å². The first kappa shape index (κ1) is 31.6. The largest absolute Gasteiger partial charge is 0.495 e. The summed E-state index contributed by atoms with van der Waals surface area (Å²) in [7, 11) is -2.81. The number of methoxy groups -OCH3 is 1. The van der Waals surface area contributed by atoms with Crippen molar-refractivity contribution < 1.29 is 27.1 Å². The van der Waals surface area contributed by atoms with E-state index in [-0.39, 0.29) is 41.2 Å². The zero-order valence-corrected chi connectivity index (χ0v) is 24.9. The number of rotatable bonds is 13. The SMILES string of the molecule is CC[C@H](C(=O)N[C@@H](C)CC)N(Cc1ccc(F)cc1)C(=O)CN(c1ccccc1OC)S(=O)(=O)c1ccc(C)cc1. The lowest BCUT2D eigenvalue weighted by atomic mass is 10.1. The third kappa shape index (κ3) is 7.85. The maximum atomic E-state index is 14.1. The van der Waals surface area contributed by atoms with Gasteiger partial charge in [0.1, 0.15) is 24.2 Å². The van der Waals surface area contributed by atoms with E-state index < -0.39 is 34.3 Å². The second-order valence-electron chi connectivity index (χ2n) is 9.89. The molecule has 2 atom stereocenters. The summed E-state index contributed by atoms with van der Waals surface area (Å²) in [6.45, 7) is 6.83. The van der Waals surface area contributed by atoms with E-state index in [0.717, 1.165) is 9.87 Å². The predicted octanol–water partition coefficient (Wildman–Crippen LogP) is 5.06. The van der Waals surface area contributed by atoms with Gasteiger partial charge in [-0.2, -0.15) is 0 Å². The number of halogens is 1. The van der Waals surface area contributed by atoms with Crippen LogP contribution in [-0.4, -0.2) is 50.9 Å². The molecular formula is C31H38FN3O5S. The van der Waals surface area contributed by atoms with Gasteiger partial charge in [-0.15, -0.1) is 0 Å². The Labute approximate surface area is 242 Å². The minimum atomic E-state index is -4.23. The number of sulfonamides is 1. The van der Waals surface area contributed by atoms with Crippen LogP contribution in [0.5, 0.6) is 5.75 Å². The van der Waals surface area contributed by atoms with E-state index in [4.69, 9.17) is 4.74 Å². The van der Waals surface area contributed by atoms with Crippen molar-refractivity contribution in [3.8, 4) is 5.75 Å². The Morgan fingerprint density at radius 1 is 0.951 bits per heavy atom. The van der Waals surface area contributed by atoms with Gasteiger partial charge in [-0.1, -0.05) is 55.8 Å². The fraction of sp³-hybridized carbons (Fsp3) is 0.355. The Balaban J connectivity index is 2.09. The quantitative estimate of drug-likeness (QED) is 0.304. The molecular weight excluding hydrogens is 545 g/mol. The van der Waals surface area contributed by atoms with Gasteiger partial charge in [0.15, 0.2) is 0 Å². The summed E-state index contributed by atoms with van der Waals surface area (Å²) in [6.07, 6.45) is 0.985. The average Bonchev–Trinajstić information content (AvgIpc) is 2.96. The first-order valence-corrected chi connectivity index (χ1v) is 15.0. The van der Waals surface area contributed by atoms with E-state index in [1.165, 1.54) is 48.4 Å². The molecule has 0 spiro atoms. The highest BCUT2D eigenvalue weighted by Gasteiger charge is 2.35. The monoisotopic (exact) mass is 583 g/mol. The van der Waals surface area contributed by atoms with Crippen LogP contribution >= 0.6 is 0 Å². The van der Waals surface area contributed by atoms with Gasteiger partial charge >= 0.3 is 0 Å². The summed E-state index contributed by atoms with van der Waals surface area (Å²) < 4.78 is 48.1. The first-order valence-electron chi connectivity index (χ1n) is 13.6. The molecule has 0 aliphatic carbocycles. The first-order chi connectivity index (χ1) is 19.5. The number of carbonyl (C=O) groups excluding carboxylic acids is 2. The number of aryl methyl sites for hydroxylation is 1. The van der Waals surface area contributed by atoms with Crippen LogP contribution in [0.25, 0.3) is 0 Å². The molecule has 220 valence electrons. The normalized spacial score (nSPS) is 12.7.